The summed E-state index contributed by atoms with van der Waals surface area (Å²) in [6.45, 7) is 5.83. The van der Waals surface area contributed by atoms with Crippen LogP contribution < -0.4 is 5.73 Å². The number of nitrogens with zero attached hydrogens (tertiary/aromatic N) is 2. The first-order valence-electron chi connectivity index (χ1n) is 7.25. The number of hydrogen-bond donors (Lipinski definition) is 1. The summed E-state index contributed by atoms with van der Waals surface area (Å²) in [5, 5.41) is 11.3. The van der Waals surface area contributed by atoms with Gasteiger partial charge in [-0.05, 0) is 45.7 Å². The van der Waals surface area contributed by atoms with Crippen molar-refractivity contribution < 1.29 is 4.92 Å². The Morgan fingerprint density at radius 2 is 2.15 bits per heavy atom. The Hall–Kier alpha value is -1.46. The topological polar surface area (TPSA) is 72.4 Å². The second kappa shape index (κ2) is 6.33. The standard InChI is InChI=1S/C15H23N3O2/c1-11(2)17-9-5-6-12(10-16)15(17)13-7-3-4-8-14(13)18(19)20/h3-4,7-8,11-12,15H,5-6,9-10,16H2,1-2H3. The molecule has 0 aromatic heterocycles. The molecule has 0 amide bonds. The van der Waals surface area contributed by atoms with Crippen molar-refractivity contribution in [2.45, 2.75) is 38.8 Å². The van der Waals surface area contributed by atoms with E-state index in [-0.39, 0.29) is 22.6 Å². The molecule has 2 N–H and O–H groups in total. The van der Waals surface area contributed by atoms with E-state index in [1.807, 2.05) is 12.1 Å². The molecule has 2 atom stereocenters. The quantitative estimate of drug-likeness (QED) is 0.678. The largest absolute Gasteiger partial charge is 0.330 e. The van der Waals surface area contributed by atoms with Crippen LogP contribution in [0.4, 0.5) is 5.69 Å². The molecule has 0 bridgehead atoms. The Bertz CT molecular complexity index is 476. The highest BCUT2D eigenvalue weighted by Gasteiger charge is 2.36. The van der Waals surface area contributed by atoms with Gasteiger partial charge in [-0.3, -0.25) is 15.0 Å². The lowest BCUT2D eigenvalue weighted by Gasteiger charge is -2.43. The number of nitro groups is 1. The van der Waals surface area contributed by atoms with E-state index < -0.39 is 0 Å². The smallest absolute Gasteiger partial charge is 0.274 e. The van der Waals surface area contributed by atoms with Gasteiger partial charge in [0.25, 0.3) is 5.69 Å². The number of hydrogen-bond acceptors (Lipinski definition) is 4. The lowest BCUT2D eigenvalue weighted by molar-refractivity contribution is -0.386. The molecule has 1 saturated heterocycles. The number of benzene rings is 1. The zero-order valence-electron chi connectivity index (χ0n) is 12.2. The predicted molar refractivity (Wildman–Crippen MR) is 79.5 cm³/mol. The average molecular weight is 277 g/mol. The number of nitro benzene ring substituents is 1. The molecule has 1 aromatic carbocycles. The highest BCUT2D eigenvalue weighted by Crippen LogP contribution is 2.40. The number of likely N-dealkylation sites (tertiary alicyclic amines) is 1. The Morgan fingerprint density at radius 1 is 1.45 bits per heavy atom. The van der Waals surface area contributed by atoms with E-state index in [2.05, 4.69) is 18.7 Å². The van der Waals surface area contributed by atoms with Crippen LogP contribution in [0.1, 0.15) is 38.3 Å². The zero-order chi connectivity index (χ0) is 14.7. The Labute approximate surface area is 119 Å². The van der Waals surface area contributed by atoms with Gasteiger partial charge in [-0.1, -0.05) is 18.2 Å². The first-order valence-corrected chi connectivity index (χ1v) is 7.25. The molecular weight excluding hydrogens is 254 g/mol. The fourth-order valence-corrected chi connectivity index (χ4v) is 3.27. The van der Waals surface area contributed by atoms with E-state index in [0.717, 1.165) is 24.9 Å². The zero-order valence-corrected chi connectivity index (χ0v) is 12.2. The first-order chi connectivity index (χ1) is 9.56. The van der Waals surface area contributed by atoms with Crippen LogP contribution >= 0.6 is 0 Å². The van der Waals surface area contributed by atoms with Crippen molar-refractivity contribution in [2.24, 2.45) is 11.7 Å². The van der Waals surface area contributed by atoms with Crippen LogP contribution in [-0.2, 0) is 0 Å². The normalized spacial score (nSPS) is 24.0. The second-order valence-corrected chi connectivity index (χ2v) is 5.73. The Morgan fingerprint density at radius 3 is 2.75 bits per heavy atom. The molecule has 0 spiro atoms. The second-order valence-electron chi connectivity index (χ2n) is 5.73. The van der Waals surface area contributed by atoms with E-state index in [0.29, 0.717) is 12.6 Å². The van der Waals surface area contributed by atoms with Crippen molar-refractivity contribution in [3.63, 3.8) is 0 Å². The first kappa shape index (κ1) is 14.9. The number of piperidine rings is 1. The van der Waals surface area contributed by atoms with Crippen LogP contribution in [0.15, 0.2) is 24.3 Å². The van der Waals surface area contributed by atoms with Gasteiger partial charge in [0.2, 0.25) is 0 Å². The Balaban J connectivity index is 2.46. The van der Waals surface area contributed by atoms with Gasteiger partial charge >= 0.3 is 0 Å². The summed E-state index contributed by atoms with van der Waals surface area (Å²) in [6, 6.07) is 7.48. The molecule has 2 rings (SSSR count). The van der Waals surface area contributed by atoms with E-state index in [9.17, 15) is 10.1 Å². The third-order valence-electron chi connectivity index (χ3n) is 4.21. The predicted octanol–water partition coefficient (Wildman–Crippen LogP) is 2.72. The monoisotopic (exact) mass is 277 g/mol. The summed E-state index contributed by atoms with van der Waals surface area (Å²) in [4.78, 5) is 13.4. The SMILES string of the molecule is CC(C)N1CCCC(CN)C1c1ccccc1[N+](=O)[O-]. The van der Waals surface area contributed by atoms with Crippen LogP contribution in [-0.4, -0.2) is 29.0 Å². The summed E-state index contributed by atoms with van der Waals surface area (Å²) in [7, 11) is 0. The molecule has 0 aliphatic carbocycles. The van der Waals surface area contributed by atoms with E-state index in [4.69, 9.17) is 5.73 Å². The van der Waals surface area contributed by atoms with Crippen molar-refractivity contribution in [2.75, 3.05) is 13.1 Å². The maximum atomic E-state index is 11.3. The lowest BCUT2D eigenvalue weighted by atomic mass is 9.83. The molecule has 1 aliphatic rings. The summed E-state index contributed by atoms with van der Waals surface area (Å²) < 4.78 is 0. The summed E-state index contributed by atoms with van der Waals surface area (Å²) in [5.41, 5.74) is 6.94. The van der Waals surface area contributed by atoms with Crippen molar-refractivity contribution in [1.82, 2.24) is 4.90 Å². The van der Waals surface area contributed by atoms with Gasteiger partial charge in [0.05, 0.1) is 4.92 Å². The molecule has 20 heavy (non-hydrogen) atoms. The fourth-order valence-electron chi connectivity index (χ4n) is 3.27. The lowest BCUT2D eigenvalue weighted by Crippen LogP contribution is -2.45. The molecule has 0 radical (unpaired) electrons. The maximum Gasteiger partial charge on any atom is 0.274 e. The van der Waals surface area contributed by atoms with Gasteiger partial charge < -0.3 is 5.73 Å². The van der Waals surface area contributed by atoms with Gasteiger partial charge in [0.15, 0.2) is 0 Å². The highest BCUT2D eigenvalue weighted by atomic mass is 16.6. The van der Waals surface area contributed by atoms with Gasteiger partial charge in [-0.15, -0.1) is 0 Å². The minimum absolute atomic E-state index is 0.0512. The van der Waals surface area contributed by atoms with Gasteiger partial charge in [0, 0.05) is 23.7 Å². The molecular formula is C15H23N3O2. The van der Waals surface area contributed by atoms with E-state index in [1.165, 1.54) is 0 Å². The van der Waals surface area contributed by atoms with Gasteiger partial charge in [0.1, 0.15) is 0 Å². The summed E-state index contributed by atoms with van der Waals surface area (Å²) >= 11 is 0. The van der Waals surface area contributed by atoms with Gasteiger partial charge in [-0.25, -0.2) is 0 Å². The molecule has 0 saturated carbocycles. The molecule has 1 heterocycles. The summed E-state index contributed by atoms with van der Waals surface area (Å²) in [6.07, 6.45) is 2.15. The minimum atomic E-state index is -0.282. The molecule has 2 unspecified atom stereocenters. The van der Waals surface area contributed by atoms with E-state index >= 15 is 0 Å². The molecule has 110 valence electrons. The third kappa shape index (κ3) is 2.83. The molecule has 5 nitrogen and oxygen atoms in total. The van der Waals surface area contributed by atoms with Crippen LogP contribution in [0.3, 0.4) is 0 Å². The number of para-hydroxylation sites is 1. The molecule has 1 fully saturated rings. The van der Waals surface area contributed by atoms with Crippen LogP contribution in [0, 0.1) is 16.0 Å². The maximum absolute atomic E-state index is 11.3. The van der Waals surface area contributed by atoms with E-state index in [1.54, 1.807) is 12.1 Å². The van der Waals surface area contributed by atoms with Gasteiger partial charge in [-0.2, -0.15) is 0 Å². The van der Waals surface area contributed by atoms with Crippen molar-refractivity contribution in [1.29, 1.82) is 0 Å². The molecule has 5 heteroatoms. The molecule has 1 aromatic rings. The van der Waals surface area contributed by atoms with Crippen LogP contribution in [0.5, 0.6) is 0 Å². The number of nitrogens with two attached hydrogens (primary N) is 1. The van der Waals surface area contributed by atoms with Crippen molar-refractivity contribution in [3.05, 3.63) is 39.9 Å². The minimum Gasteiger partial charge on any atom is -0.330 e. The van der Waals surface area contributed by atoms with Crippen LogP contribution in [0.2, 0.25) is 0 Å². The highest BCUT2D eigenvalue weighted by molar-refractivity contribution is 5.42. The van der Waals surface area contributed by atoms with Crippen molar-refractivity contribution >= 4 is 5.69 Å². The number of rotatable bonds is 4. The fraction of sp³-hybridized carbons (Fsp3) is 0.600. The van der Waals surface area contributed by atoms with Crippen LogP contribution in [0.25, 0.3) is 0 Å². The van der Waals surface area contributed by atoms with Crippen molar-refractivity contribution in [3.8, 4) is 0 Å². The average Bonchev–Trinajstić information content (AvgIpc) is 2.46. The Kier molecular flexibility index (Phi) is 4.73. The molecule has 1 aliphatic heterocycles. The third-order valence-corrected chi connectivity index (χ3v) is 4.21. The summed E-state index contributed by atoms with van der Waals surface area (Å²) in [5.74, 6) is 0.284.